The zero-order valence-electron chi connectivity index (χ0n) is 8.36. The van der Waals surface area contributed by atoms with Crippen LogP contribution in [0.4, 0.5) is 4.39 Å². The highest BCUT2D eigenvalue weighted by Gasteiger charge is 2.16. The topological polar surface area (TPSA) is 60.2 Å². The number of hydrogen-bond acceptors (Lipinski definition) is 3. The van der Waals surface area contributed by atoms with Crippen molar-refractivity contribution in [1.29, 1.82) is 0 Å². The maximum atomic E-state index is 13.0. The fourth-order valence-corrected chi connectivity index (χ4v) is 2.42. The highest BCUT2D eigenvalue weighted by Crippen LogP contribution is 2.17. The van der Waals surface area contributed by atoms with Crippen LogP contribution in [0.2, 0.25) is 5.02 Å². The molecule has 0 heterocycles. The molecule has 0 amide bonds. The molecule has 16 heavy (non-hydrogen) atoms. The Kier molecular flexibility index (Phi) is 4.46. The minimum atomic E-state index is -3.66. The normalized spacial score (nSPS) is 12.8. The fraction of sp³-hybridized carbons (Fsp3) is 0.200. The minimum absolute atomic E-state index is 0.0258. The van der Waals surface area contributed by atoms with Gasteiger partial charge in [-0.2, -0.15) is 0 Å². The van der Waals surface area contributed by atoms with Gasteiger partial charge in [0.15, 0.2) is 9.84 Å². The maximum Gasteiger partial charge on any atom is 0.184 e. The molecule has 6 heteroatoms. The van der Waals surface area contributed by atoms with Gasteiger partial charge in [0.05, 0.1) is 4.90 Å². The van der Waals surface area contributed by atoms with E-state index in [1.807, 2.05) is 0 Å². The van der Waals surface area contributed by atoms with Crippen LogP contribution in [-0.4, -0.2) is 20.7 Å². The van der Waals surface area contributed by atoms with Crippen LogP contribution >= 0.6 is 11.6 Å². The molecule has 0 fully saturated rings. The van der Waals surface area contributed by atoms with Gasteiger partial charge in [0.1, 0.15) is 11.6 Å². The lowest BCUT2D eigenvalue weighted by Crippen LogP contribution is -2.08. The molecule has 0 unspecified atom stereocenters. The Morgan fingerprint density at radius 3 is 2.44 bits per heavy atom. The van der Waals surface area contributed by atoms with Crippen molar-refractivity contribution >= 4 is 21.4 Å². The Bertz CT molecular complexity index is 482. The van der Waals surface area contributed by atoms with E-state index in [4.69, 9.17) is 17.3 Å². The Morgan fingerprint density at radius 1 is 1.38 bits per heavy atom. The molecule has 0 aliphatic rings. The summed E-state index contributed by atoms with van der Waals surface area (Å²) < 4.78 is 36.4. The highest BCUT2D eigenvalue weighted by atomic mass is 35.5. The summed E-state index contributed by atoms with van der Waals surface area (Å²) in [5, 5.41) is 0.428. The first-order valence-corrected chi connectivity index (χ1v) is 6.51. The van der Waals surface area contributed by atoms with Crippen LogP contribution in [0.5, 0.6) is 0 Å². The van der Waals surface area contributed by atoms with Gasteiger partial charge in [0.2, 0.25) is 0 Å². The smallest absolute Gasteiger partial charge is 0.184 e. The standard InChI is InChI=1S/C10H11ClFNO2S/c11-8-1-3-10(4-2-8)16(14,15)7-9(12)5-6-13/h1-5H,6-7,13H2/b9-5-. The lowest BCUT2D eigenvalue weighted by molar-refractivity contribution is 0.583. The lowest BCUT2D eigenvalue weighted by atomic mass is 10.4. The maximum absolute atomic E-state index is 13.0. The summed E-state index contributed by atoms with van der Waals surface area (Å²) in [5.41, 5.74) is 5.08. The molecule has 2 N–H and O–H groups in total. The number of halogens is 2. The van der Waals surface area contributed by atoms with Crippen molar-refractivity contribution in [2.24, 2.45) is 5.73 Å². The minimum Gasteiger partial charge on any atom is -0.327 e. The zero-order valence-corrected chi connectivity index (χ0v) is 9.93. The fourth-order valence-electron chi connectivity index (χ4n) is 1.09. The summed E-state index contributed by atoms with van der Waals surface area (Å²) >= 11 is 5.62. The van der Waals surface area contributed by atoms with Crippen molar-refractivity contribution in [2.75, 3.05) is 12.3 Å². The van der Waals surface area contributed by atoms with Crippen molar-refractivity contribution < 1.29 is 12.8 Å². The second kappa shape index (κ2) is 5.43. The van der Waals surface area contributed by atoms with Gasteiger partial charge in [0.25, 0.3) is 0 Å². The third kappa shape index (κ3) is 3.59. The van der Waals surface area contributed by atoms with Crippen LogP contribution in [0.1, 0.15) is 0 Å². The second-order valence-corrected chi connectivity index (χ2v) is 5.53. The Labute approximate surface area is 98.6 Å². The van der Waals surface area contributed by atoms with Crippen molar-refractivity contribution in [3.05, 3.63) is 41.2 Å². The van der Waals surface area contributed by atoms with Crippen LogP contribution in [0.25, 0.3) is 0 Å². The number of sulfone groups is 1. The van der Waals surface area contributed by atoms with E-state index in [-0.39, 0.29) is 11.4 Å². The van der Waals surface area contributed by atoms with Crippen molar-refractivity contribution in [2.45, 2.75) is 4.90 Å². The third-order valence-electron chi connectivity index (χ3n) is 1.84. The molecule has 0 spiro atoms. The SMILES string of the molecule is NC/C=C(\F)CS(=O)(=O)c1ccc(Cl)cc1. The highest BCUT2D eigenvalue weighted by molar-refractivity contribution is 7.91. The average Bonchev–Trinajstić information content (AvgIpc) is 2.17. The van der Waals surface area contributed by atoms with Gasteiger partial charge in [-0.25, -0.2) is 12.8 Å². The van der Waals surface area contributed by atoms with E-state index < -0.39 is 21.4 Å². The molecule has 0 atom stereocenters. The van der Waals surface area contributed by atoms with Crippen LogP contribution in [0, 0.1) is 0 Å². The van der Waals surface area contributed by atoms with Gasteiger partial charge in [-0.15, -0.1) is 0 Å². The zero-order chi connectivity index (χ0) is 12.2. The van der Waals surface area contributed by atoms with Gasteiger partial charge in [-0.3, -0.25) is 0 Å². The van der Waals surface area contributed by atoms with E-state index in [2.05, 4.69) is 0 Å². The monoisotopic (exact) mass is 263 g/mol. The number of nitrogens with two attached hydrogens (primary N) is 1. The molecular formula is C10H11ClFNO2S. The number of benzene rings is 1. The first-order valence-electron chi connectivity index (χ1n) is 4.48. The molecule has 0 saturated carbocycles. The molecule has 0 aliphatic carbocycles. The average molecular weight is 264 g/mol. The van der Waals surface area contributed by atoms with Crippen LogP contribution in [-0.2, 0) is 9.84 Å². The predicted octanol–water partition coefficient (Wildman–Crippen LogP) is 1.93. The molecule has 3 nitrogen and oxygen atoms in total. The van der Waals surface area contributed by atoms with Gasteiger partial charge in [0, 0.05) is 11.6 Å². The van der Waals surface area contributed by atoms with Crippen LogP contribution < -0.4 is 5.73 Å². The third-order valence-corrected chi connectivity index (χ3v) is 3.74. The quantitative estimate of drug-likeness (QED) is 0.903. The van der Waals surface area contributed by atoms with Gasteiger partial charge < -0.3 is 5.73 Å². The summed E-state index contributed by atoms with van der Waals surface area (Å²) in [7, 11) is -3.66. The number of rotatable bonds is 4. The van der Waals surface area contributed by atoms with E-state index >= 15 is 0 Å². The molecule has 0 aliphatic heterocycles. The van der Waals surface area contributed by atoms with E-state index in [9.17, 15) is 12.8 Å². The van der Waals surface area contributed by atoms with E-state index in [1.54, 1.807) is 0 Å². The van der Waals surface area contributed by atoms with E-state index in [0.29, 0.717) is 5.02 Å². The number of hydrogen-bond donors (Lipinski definition) is 1. The van der Waals surface area contributed by atoms with Crippen molar-refractivity contribution in [3.8, 4) is 0 Å². The molecule has 1 rings (SSSR count). The molecule has 1 aromatic rings. The van der Waals surface area contributed by atoms with Gasteiger partial charge in [-0.05, 0) is 30.3 Å². The van der Waals surface area contributed by atoms with Crippen molar-refractivity contribution in [3.63, 3.8) is 0 Å². The first-order chi connectivity index (χ1) is 7.45. The lowest BCUT2D eigenvalue weighted by Gasteiger charge is -2.02. The van der Waals surface area contributed by atoms with Gasteiger partial charge in [-0.1, -0.05) is 11.6 Å². The van der Waals surface area contributed by atoms with Crippen LogP contribution in [0.15, 0.2) is 41.1 Å². The van der Waals surface area contributed by atoms with Gasteiger partial charge >= 0.3 is 0 Å². The first kappa shape index (κ1) is 13.2. The molecule has 1 aromatic carbocycles. The summed E-state index contributed by atoms with van der Waals surface area (Å²) in [4.78, 5) is 0.0393. The molecule has 0 bridgehead atoms. The summed E-state index contributed by atoms with van der Waals surface area (Å²) in [6, 6.07) is 5.57. The van der Waals surface area contributed by atoms with E-state index in [1.165, 1.54) is 24.3 Å². The Hall–Kier alpha value is -0.910. The van der Waals surface area contributed by atoms with E-state index in [0.717, 1.165) is 6.08 Å². The summed E-state index contributed by atoms with van der Waals surface area (Å²) in [5.74, 6) is -1.43. The molecule has 88 valence electrons. The Morgan fingerprint density at radius 2 is 1.94 bits per heavy atom. The largest absolute Gasteiger partial charge is 0.327 e. The summed E-state index contributed by atoms with van der Waals surface area (Å²) in [6.07, 6.45) is 1.04. The molecule has 0 aromatic heterocycles. The predicted molar refractivity (Wildman–Crippen MR) is 61.8 cm³/mol. The second-order valence-electron chi connectivity index (χ2n) is 3.10. The summed E-state index contributed by atoms with van der Waals surface area (Å²) in [6.45, 7) is -0.0258. The van der Waals surface area contributed by atoms with Crippen LogP contribution in [0.3, 0.4) is 0 Å². The molecular weight excluding hydrogens is 253 g/mol. The molecule has 0 radical (unpaired) electrons. The van der Waals surface area contributed by atoms with Crippen molar-refractivity contribution in [1.82, 2.24) is 0 Å². The Balaban J connectivity index is 2.95. The molecule has 0 saturated heterocycles.